The topological polar surface area (TPSA) is 0 Å². The van der Waals surface area contributed by atoms with Crippen LogP contribution in [0.4, 0.5) is 0 Å². The van der Waals surface area contributed by atoms with Gasteiger partial charge in [0, 0.05) is 0 Å². The molecule has 0 aromatic carbocycles. The van der Waals surface area contributed by atoms with Crippen molar-refractivity contribution in [1.82, 2.24) is 0 Å². The molecule has 0 aliphatic rings. The fraction of sp³-hybridized carbons (Fsp3) is 0.923. The molecule has 0 N–H and O–H groups in total. The lowest BCUT2D eigenvalue weighted by Crippen LogP contribution is -2.08. The van der Waals surface area contributed by atoms with Crippen molar-refractivity contribution in [1.29, 1.82) is 0 Å². The highest BCUT2D eigenvalue weighted by molar-refractivity contribution is 4.80. The van der Waals surface area contributed by atoms with Crippen LogP contribution < -0.4 is 0 Å². The number of rotatable bonds is 19. The summed E-state index contributed by atoms with van der Waals surface area (Å²) in [6.07, 6.45) is 27.2. The Morgan fingerprint density at radius 2 is 1.04 bits per heavy atom. The molecule has 3 atom stereocenters. The smallest absolute Gasteiger partial charge is 0.0351 e. The summed E-state index contributed by atoms with van der Waals surface area (Å²) >= 11 is 0. The van der Waals surface area contributed by atoms with E-state index in [-0.39, 0.29) is 0 Å². The summed E-state index contributed by atoms with van der Waals surface area (Å²) < 4.78 is 0. The van der Waals surface area contributed by atoms with Crippen LogP contribution >= 0.6 is 0 Å². The number of unbranched alkanes of at least 4 members (excludes halogenated alkanes) is 8. The molecular formula is C26H52. The first kappa shape index (κ1) is 25.7. The Hall–Kier alpha value is -0.260. The van der Waals surface area contributed by atoms with Gasteiger partial charge in [-0.25, -0.2) is 0 Å². The zero-order valence-corrected chi connectivity index (χ0v) is 19.2. The largest absolute Gasteiger partial charge is 0.0885 e. The van der Waals surface area contributed by atoms with Crippen molar-refractivity contribution in [3.05, 3.63) is 12.2 Å². The van der Waals surface area contributed by atoms with Crippen LogP contribution in [0.15, 0.2) is 12.2 Å². The van der Waals surface area contributed by atoms with Crippen molar-refractivity contribution in [2.24, 2.45) is 17.8 Å². The lowest BCUT2D eigenvalue weighted by molar-refractivity contribution is 0.313. The summed E-state index contributed by atoms with van der Waals surface area (Å²) in [5, 5.41) is 0. The van der Waals surface area contributed by atoms with E-state index in [1.807, 2.05) is 0 Å². The minimum atomic E-state index is 0.922. The normalized spacial score (nSPS) is 15.4. The van der Waals surface area contributed by atoms with Gasteiger partial charge in [-0.15, -0.1) is 0 Å². The van der Waals surface area contributed by atoms with Gasteiger partial charge in [0.15, 0.2) is 0 Å². The van der Waals surface area contributed by atoms with Crippen LogP contribution in [0, 0.1) is 17.8 Å². The van der Waals surface area contributed by atoms with Crippen LogP contribution in [0.25, 0.3) is 0 Å². The maximum absolute atomic E-state index is 2.48. The second-order valence-electron chi connectivity index (χ2n) is 9.09. The fourth-order valence-corrected chi connectivity index (χ4v) is 3.91. The van der Waals surface area contributed by atoms with Gasteiger partial charge in [-0.1, -0.05) is 130 Å². The Balaban J connectivity index is 3.44. The quantitative estimate of drug-likeness (QED) is 0.158. The molecule has 0 bridgehead atoms. The molecule has 0 heterocycles. The summed E-state index contributed by atoms with van der Waals surface area (Å²) in [6.45, 7) is 12.0. The van der Waals surface area contributed by atoms with Crippen LogP contribution in [0.1, 0.15) is 137 Å². The van der Waals surface area contributed by atoms with Gasteiger partial charge in [0.25, 0.3) is 0 Å². The van der Waals surface area contributed by atoms with Gasteiger partial charge in [-0.3, -0.25) is 0 Å². The molecule has 0 amide bonds. The molecule has 0 nitrogen and oxygen atoms in total. The van der Waals surface area contributed by atoms with Crippen LogP contribution in [-0.4, -0.2) is 0 Å². The molecule has 0 fully saturated rings. The van der Waals surface area contributed by atoms with Gasteiger partial charge >= 0.3 is 0 Å². The Labute approximate surface area is 167 Å². The predicted octanol–water partition coefficient (Wildman–Crippen LogP) is 9.73. The second-order valence-corrected chi connectivity index (χ2v) is 9.09. The first-order chi connectivity index (χ1) is 12.6. The van der Waals surface area contributed by atoms with E-state index in [2.05, 4.69) is 46.8 Å². The third kappa shape index (κ3) is 17.2. The van der Waals surface area contributed by atoms with Crippen LogP contribution in [0.3, 0.4) is 0 Å². The van der Waals surface area contributed by atoms with Crippen LogP contribution in [0.5, 0.6) is 0 Å². The Bertz CT molecular complexity index is 290. The first-order valence-electron chi connectivity index (χ1n) is 12.3. The van der Waals surface area contributed by atoms with Gasteiger partial charge in [-0.2, -0.15) is 0 Å². The summed E-state index contributed by atoms with van der Waals surface area (Å²) in [5.74, 6) is 2.79. The van der Waals surface area contributed by atoms with Gasteiger partial charge in [0.1, 0.15) is 0 Å². The minimum Gasteiger partial charge on any atom is -0.0885 e. The van der Waals surface area contributed by atoms with Crippen molar-refractivity contribution in [2.75, 3.05) is 0 Å². The minimum absolute atomic E-state index is 0.922. The van der Waals surface area contributed by atoms with Gasteiger partial charge in [0.05, 0.1) is 0 Å². The lowest BCUT2D eigenvalue weighted by atomic mass is 9.86. The molecule has 0 aliphatic carbocycles. The molecule has 26 heavy (non-hydrogen) atoms. The van der Waals surface area contributed by atoms with Crippen molar-refractivity contribution >= 4 is 0 Å². The van der Waals surface area contributed by atoms with Crippen molar-refractivity contribution in [2.45, 2.75) is 137 Å². The number of hydrogen-bond acceptors (Lipinski definition) is 0. The van der Waals surface area contributed by atoms with Gasteiger partial charge in [-0.05, 0) is 37.0 Å². The molecule has 3 unspecified atom stereocenters. The molecule has 0 aromatic rings. The Morgan fingerprint density at radius 3 is 1.73 bits per heavy atom. The molecule has 156 valence electrons. The van der Waals surface area contributed by atoms with Crippen molar-refractivity contribution < 1.29 is 0 Å². The van der Waals surface area contributed by atoms with Gasteiger partial charge in [0.2, 0.25) is 0 Å². The molecular weight excluding hydrogens is 312 g/mol. The molecule has 0 aliphatic heterocycles. The molecule has 0 saturated carbocycles. The second kappa shape index (κ2) is 19.5. The molecule has 0 saturated heterocycles. The molecule has 0 aromatic heterocycles. The highest BCUT2D eigenvalue weighted by atomic mass is 14.2. The molecule has 0 heteroatoms. The zero-order chi connectivity index (χ0) is 19.5. The van der Waals surface area contributed by atoms with E-state index in [4.69, 9.17) is 0 Å². The Morgan fingerprint density at radius 1 is 0.500 bits per heavy atom. The Kier molecular flexibility index (Phi) is 19.3. The number of hydrogen-bond donors (Lipinski definition) is 0. The third-order valence-electron chi connectivity index (χ3n) is 6.28. The first-order valence-corrected chi connectivity index (χ1v) is 12.3. The van der Waals surface area contributed by atoms with E-state index in [0.29, 0.717) is 0 Å². The highest BCUT2D eigenvalue weighted by Crippen LogP contribution is 2.25. The average molecular weight is 365 g/mol. The van der Waals surface area contributed by atoms with E-state index in [1.165, 1.54) is 103 Å². The molecule has 0 spiro atoms. The summed E-state index contributed by atoms with van der Waals surface area (Å²) in [4.78, 5) is 0. The van der Waals surface area contributed by atoms with Gasteiger partial charge < -0.3 is 0 Å². The third-order valence-corrected chi connectivity index (χ3v) is 6.28. The van der Waals surface area contributed by atoms with E-state index in [1.54, 1.807) is 0 Å². The van der Waals surface area contributed by atoms with E-state index in [9.17, 15) is 0 Å². The maximum Gasteiger partial charge on any atom is -0.0351 e. The molecule has 0 rings (SSSR count). The van der Waals surface area contributed by atoms with E-state index >= 15 is 0 Å². The van der Waals surface area contributed by atoms with Crippen LogP contribution in [0.2, 0.25) is 0 Å². The highest BCUT2D eigenvalue weighted by Gasteiger charge is 2.12. The van der Waals surface area contributed by atoms with E-state index in [0.717, 1.165) is 17.8 Å². The zero-order valence-electron chi connectivity index (χ0n) is 19.2. The monoisotopic (exact) mass is 364 g/mol. The number of allylic oxidation sites excluding steroid dienone is 2. The predicted molar refractivity (Wildman–Crippen MR) is 122 cm³/mol. The summed E-state index contributed by atoms with van der Waals surface area (Å²) in [7, 11) is 0. The lowest BCUT2D eigenvalue weighted by Gasteiger charge is -2.20. The fourth-order valence-electron chi connectivity index (χ4n) is 3.91. The standard InChI is InChI=1S/C26H52/c1-6-8-10-11-12-13-14-15-16-18-20-24(3)21-19-23-26(5)25(4)22-17-9-7-2/h10-11,24-26H,6-9,12-23H2,1-5H3. The SMILES string of the molecule is CCCC=CCCCCCCCC(C)CCCC(C)C(C)CCCCC. The maximum atomic E-state index is 2.48. The van der Waals surface area contributed by atoms with Crippen molar-refractivity contribution in [3.63, 3.8) is 0 Å². The van der Waals surface area contributed by atoms with E-state index < -0.39 is 0 Å². The average Bonchev–Trinajstić information content (AvgIpc) is 2.63. The van der Waals surface area contributed by atoms with Crippen LogP contribution in [-0.2, 0) is 0 Å². The summed E-state index contributed by atoms with van der Waals surface area (Å²) in [6, 6.07) is 0. The molecule has 0 radical (unpaired) electrons. The van der Waals surface area contributed by atoms with Crippen molar-refractivity contribution in [3.8, 4) is 0 Å². The summed E-state index contributed by atoms with van der Waals surface area (Å²) in [5.41, 5.74) is 0.